The number of hydrogen-bond donors (Lipinski definition) is 2. The van der Waals surface area contributed by atoms with Gasteiger partial charge < -0.3 is 0 Å². The van der Waals surface area contributed by atoms with Gasteiger partial charge in [0.15, 0.2) is 0 Å². The van der Waals surface area contributed by atoms with Gasteiger partial charge in [0.25, 0.3) is 0 Å². The molecule has 1 amide bonds. The summed E-state index contributed by atoms with van der Waals surface area (Å²) in [6.07, 6.45) is 3.56. The lowest BCUT2D eigenvalue weighted by Crippen LogP contribution is -2.41. The number of amides is 1. The van der Waals surface area contributed by atoms with Crippen molar-refractivity contribution in [2.24, 2.45) is 5.84 Å². The first kappa shape index (κ1) is 9.48. The zero-order valence-corrected chi connectivity index (χ0v) is 7.55. The van der Waals surface area contributed by atoms with Crippen molar-refractivity contribution < 1.29 is 4.79 Å². The first-order valence-electron chi connectivity index (χ1n) is 4.51. The van der Waals surface area contributed by atoms with E-state index in [1.807, 2.05) is 0 Å². The van der Waals surface area contributed by atoms with Crippen LogP contribution in [0.3, 0.4) is 0 Å². The van der Waals surface area contributed by atoms with Gasteiger partial charge in [-0.15, -0.1) is 0 Å². The van der Waals surface area contributed by atoms with Crippen molar-refractivity contribution in [3.8, 4) is 0 Å². The number of hydrogen-bond acceptors (Lipinski definition) is 3. The second kappa shape index (κ2) is 4.42. The van der Waals surface area contributed by atoms with Crippen molar-refractivity contribution in [1.29, 1.82) is 0 Å². The second-order valence-corrected chi connectivity index (χ2v) is 3.27. The fraction of sp³-hybridized carbons (Fsp3) is 0.875. The lowest BCUT2D eigenvalue weighted by molar-refractivity contribution is -0.122. The van der Waals surface area contributed by atoms with Crippen LogP contribution in [0.25, 0.3) is 0 Å². The molecule has 0 aromatic heterocycles. The second-order valence-electron chi connectivity index (χ2n) is 3.27. The molecule has 0 aromatic carbocycles. The zero-order valence-electron chi connectivity index (χ0n) is 7.55. The number of carbonyl (C=O) groups excluding carboxylic acids is 1. The summed E-state index contributed by atoms with van der Waals surface area (Å²) in [4.78, 5) is 13.1. The van der Waals surface area contributed by atoms with Gasteiger partial charge in [0.2, 0.25) is 5.91 Å². The topological polar surface area (TPSA) is 58.4 Å². The van der Waals surface area contributed by atoms with Crippen molar-refractivity contribution in [1.82, 2.24) is 10.3 Å². The number of carbonyl (C=O) groups is 1. The molecule has 1 aliphatic carbocycles. The van der Waals surface area contributed by atoms with Crippen LogP contribution in [0.1, 0.15) is 26.2 Å². The maximum atomic E-state index is 11.0. The van der Waals surface area contributed by atoms with Crippen molar-refractivity contribution in [2.45, 2.75) is 32.2 Å². The average molecular weight is 171 g/mol. The van der Waals surface area contributed by atoms with Gasteiger partial charge in [0.05, 0.1) is 6.54 Å². The molecular weight excluding hydrogens is 154 g/mol. The van der Waals surface area contributed by atoms with Crippen molar-refractivity contribution in [3.63, 3.8) is 0 Å². The molecule has 1 rings (SSSR count). The van der Waals surface area contributed by atoms with Crippen LogP contribution in [-0.2, 0) is 4.79 Å². The van der Waals surface area contributed by atoms with E-state index in [2.05, 4.69) is 17.2 Å². The summed E-state index contributed by atoms with van der Waals surface area (Å²) in [5.41, 5.74) is 2.16. The standard InChI is InChI=1S/C8H17N3O/c1-2-5-11(7-3-4-7)6-8(12)10-9/h7H,2-6,9H2,1H3,(H,10,12). The first-order valence-corrected chi connectivity index (χ1v) is 4.51. The Bertz CT molecular complexity index is 156. The summed E-state index contributed by atoms with van der Waals surface area (Å²) in [5, 5.41) is 0. The molecule has 1 aliphatic rings. The molecule has 0 aliphatic heterocycles. The highest BCUT2D eigenvalue weighted by atomic mass is 16.2. The zero-order chi connectivity index (χ0) is 8.97. The SMILES string of the molecule is CCCN(CC(=O)NN)C1CC1. The van der Waals surface area contributed by atoms with E-state index in [1.165, 1.54) is 12.8 Å². The number of nitrogens with two attached hydrogens (primary N) is 1. The van der Waals surface area contributed by atoms with Gasteiger partial charge in [-0.25, -0.2) is 5.84 Å². The Hall–Kier alpha value is -0.610. The molecule has 70 valence electrons. The highest BCUT2D eigenvalue weighted by Gasteiger charge is 2.29. The Labute approximate surface area is 73.1 Å². The molecule has 0 spiro atoms. The Morgan fingerprint density at radius 3 is 2.75 bits per heavy atom. The molecule has 0 aromatic rings. The molecule has 0 bridgehead atoms. The monoisotopic (exact) mass is 171 g/mol. The van der Waals surface area contributed by atoms with Crippen molar-refractivity contribution >= 4 is 5.91 Å². The Kier molecular flexibility index (Phi) is 3.49. The first-order chi connectivity index (χ1) is 5.77. The number of nitrogens with zero attached hydrogens (tertiary/aromatic N) is 1. The summed E-state index contributed by atoms with van der Waals surface area (Å²) in [5.74, 6) is 4.92. The summed E-state index contributed by atoms with van der Waals surface area (Å²) in [6.45, 7) is 3.57. The van der Waals surface area contributed by atoms with Crippen LogP contribution >= 0.6 is 0 Å². The third-order valence-corrected chi connectivity index (χ3v) is 2.08. The number of nitrogens with one attached hydrogen (secondary N) is 1. The van der Waals surface area contributed by atoms with Crippen LogP contribution in [-0.4, -0.2) is 29.9 Å². The molecule has 12 heavy (non-hydrogen) atoms. The smallest absolute Gasteiger partial charge is 0.248 e. The van der Waals surface area contributed by atoms with Crippen LogP contribution in [0.2, 0.25) is 0 Å². The van der Waals surface area contributed by atoms with Gasteiger partial charge in [-0.1, -0.05) is 6.92 Å². The lowest BCUT2D eigenvalue weighted by atomic mass is 10.4. The highest BCUT2D eigenvalue weighted by molar-refractivity contribution is 5.77. The maximum Gasteiger partial charge on any atom is 0.248 e. The molecular formula is C8H17N3O. The minimum absolute atomic E-state index is 0.0876. The van der Waals surface area contributed by atoms with Crippen molar-refractivity contribution in [3.05, 3.63) is 0 Å². The summed E-state index contributed by atoms with van der Waals surface area (Å²) < 4.78 is 0. The lowest BCUT2D eigenvalue weighted by Gasteiger charge is -2.19. The maximum absolute atomic E-state index is 11.0. The van der Waals surface area contributed by atoms with E-state index in [9.17, 15) is 4.79 Å². The number of rotatable bonds is 5. The third kappa shape index (κ3) is 2.79. The van der Waals surface area contributed by atoms with E-state index >= 15 is 0 Å². The van der Waals surface area contributed by atoms with Gasteiger partial charge in [-0.05, 0) is 25.8 Å². The summed E-state index contributed by atoms with van der Waals surface area (Å²) >= 11 is 0. The van der Waals surface area contributed by atoms with Crippen LogP contribution in [0, 0.1) is 0 Å². The summed E-state index contributed by atoms with van der Waals surface area (Å²) in [7, 11) is 0. The van der Waals surface area contributed by atoms with Crippen LogP contribution in [0.15, 0.2) is 0 Å². The van der Waals surface area contributed by atoms with Gasteiger partial charge >= 0.3 is 0 Å². The van der Waals surface area contributed by atoms with Crippen LogP contribution in [0.5, 0.6) is 0 Å². The Balaban J connectivity index is 2.26. The predicted octanol–water partition coefficient (Wildman–Crippen LogP) is -0.149. The predicted molar refractivity (Wildman–Crippen MR) is 47.2 cm³/mol. The molecule has 4 heteroatoms. The van der Waals surface area contributed by atoms with Gasteiger partial charge in [-0.2, -0.15) is 0 Å². The van der Waals surface area contributed by atoms with Crippen LogP contribution in [0.4, 0.5) is 0 Å². The van der Waals surface area contributed by atoms with Crippen molar-refractivity contribution in [2.75, 3.05) is 13.1 Å². The molecule has 3 N–H and O–H groups in total. The highest BCUT2D eigenvalue weighted by Crippen LogP contribution is 2.26. The summed E-state index contributed by atoms with van der Waals surface area (Å²) in [6, 6.07) is 0.641. The van der Waals surface area contributed by atoms with E-state index in [1.54, 1.807) is 0 Å². The molecule has 0 unspecified atom stereocenters. The van der Waals surface area contributed by atoms with Gasteiger partial charge in [0.1, 0.15) is 0 Å². The quantitative estimate of drug-likeness (QED) is 0.343. The molecule has 4 nitrogen and oxygen atoms in total. The minimum Gasteiger partial charge on any atom is -0.293 e. The normalized spacial score (nSPS) is 16.6. The van der Waals surface area contributed by atoms with E-state index in [0.717, 1.165) is 13.0 Å². The van der Waals surface area contributed by atoms with Gasteiger partial charge in [-0.3, -0.25) is 15.1 Å². The van der Waals surface area contributed by atoms with E-state index in [0.29, 0.717) is 12.6 Å². The van der Waals surface area contributed by atoms with E-state index in [4.69, 9.17) is 5.84 Å². The van der Waals surface area contributed by atoms with Crippen LogP contribution < -0.4 is 11.3 Å². The minimum atomic E-state index is -0.0876. The van der Waals surface area contributed by atoms with E-state index in [-0.39, 0.29) is 5.91 Å². The molecule has 1 fully saturated rings. The Morgan fingerprint density at radius 2 is 2.33 bits per heavy atom. The Morgan fingerprint density at radius 1 is 1.67 bits per heavy atom. The largest absolute Gasteiger partial charge is 0.293 e. The molecule has 0 heterocycles. The fourth-order valence-electron chi connectivity index (χ4n) is 1.35. The van der Waals surface area contributed by atoms with Gasteiger partial charge in [0, 0.05) is 6.04 Å². The molecule has 0 radical (unpaired) electrons. The molecule has 1 saturated carbocycles. The average Bonchev–Trinajstić information content (AvgIpc) is 2.86. The van der Waals surface area contributed by atoms with E-state index < -0.39 is 0 Å². The molecule has 0 atom stereocenters. The molecule has 0 saturated heterocycles. The fourth-order valence-corrected chi connectivity index (χ4v) is 1.35. The third-order valence-electron chi connectivity index (χ3n) is 2.08. The number of hydrazine groups is 1.